The number of aromatic nitrogens is 2. The van der Waals surface area contributed by atoms with E-state index in [1.165, 1.54) is 12.1 Å². The van der Waals surface area contributed by atoms with E-state index in [2.05, 4.69) is 17.1 Å². The molecule has 0 bridgehead atoms. The monoisotopic (exact) mass is 287 g/mol. The molecule has 2 unspecified atom stereocenters. The Labute approximate surface area is 123 Å². The van der Waals surface area contributed by atoms with Gasteiger partial charge in [0, 0.05) is 18.7 Å². The number of aliphatic hydroxyl groups excluding tert-OH is 1. The molecule has 0 aliphatic carbocycles. The third-order valence-electron chi connectivity index (χ3n) is 4.03. The van der Waals surface area contributed by atoms with Crippen molar-refractivity contribution in [3.05, 3.63) is 42.2 Å². The van der Waals surface area contributed by atoms with Crippen LogP contribution in [0, 0.1) is 11.7 Å². The fourth-order valence-electron chi connectivity index (χ4n) is 2.53. The summed E-state index contributed by atoms with van der Waals surface area (Å²) in [6, 6.07) is 9.96. The number of piperidine rings is 1. The van der Waals surface area contributed by atoms with Crippen LogP contribution in [0.2, 0.25) is 0 Å². The van der Waals surface area contributed by atoms with Crippen molar-refractivity contribution in [1.82, 2.24) is 10.2 Å². The number of nitrogens with zero attached hydrogens (tertiary/aromatic N) is 3. The van der Waals surface area contributed by atoms with Crippen LogP contribution in [-0.2, 0) is 0 Å². The molecular formula is C16H18FN3O. The van der Waals surface area contributed by atoms with Crippen molar-refractivity contribution >= 4 is 5.82 Å². The summed E-state index contributed by atoms with van der Waals surface area (Å²) in [5.41, 5.74) is 1.55. The molecule has 1 saturated heterocycles. The minimum absolute atomic E-state index is 0.264. The summed E-state index contributed by atoms with van der Waals surface area (Å²) in [6.45, 7) is 3.53. The lowest BCUT2D eigenvalue weighted by atomic mass is 9.96. The molecule has 21 heavy (non-hydrogen) atoms. The maximum Gasteiger partial charge on any atom is 0.151 e. The second kappa shape index (κ2) is 5.77. The van der Waals surface area contributed by atoms with E-state index < -0.39 is 0 Å². The first kappa shape index (κ1) is 13.9. The first-order valence-electron chi connectivity index (χ1n) is 7.16. The maximum atomic E-state index is 12.9. The molecule has 2 atom stereocenters. The van der Waals surface area contributed by atoms with Crippen molar-refractivity contribution in [1.29, 1.82) is 0 Å². The highest BCUT2D eigenvalue weighted by Crippen LogP contribution is 2.23. The summed E-state index contributed by atoms with van der Waals surface area (Å²) in [5, 5.41) is 18.4. The van der Waals surface area contributed by atoms with Gasteiger partial charge in [-0.1, -0.05) is 6.92 Å². The normalized spacial score (nSPS) is 22.3. The summed E-state index contributed by atoms with van der Waals surface area (Å²) in [6.07, 6.45) is 0.625. The molecule has 110 valence electrons. The third kappa shape index (κ3) is 3.03. The van der Waals surface area contributed by atoms with Gasteiger partial charge in [0.2, 0.25) is 0 Å². The predicted molar refractivity (Wildman–Crippen MR) is 79.4 cm³/mol. The largest absolute Gasteiger partial charge is 0.391 e. The average molecular weight is 287 g/mol. The van der Waals surface area contributed by atoms with Crippen molar-refractivity contribution in [2.75, 3.05) is 18.0 Å². The van der Waals surface area contributed by atoms with Crippen LogP contribution in [-0.4, -0.2) is 34.5 Å². The Bertz CT molecular complexity index is 600. The van der Waals surface area contributed by atoms with Crippen molar-refractivity contribution < 1.29 is 9.50 Å². The van der Waals surface area contributed by atoms with Gasteiger partial charge in [0.1, 0.15) is 5.82 Å². The number of aliphatic hydroxyl groups is 1. The molecule has 1 aliphatic rings. The number of hydrogen-bond donors (Lipinski definition) is 1. The summed E-state index contributed by atoms with van der Waals surface area (Å²) in [5.74, 6) is 0.833. The van der Waals surface area contributed by atoms with Gasteiger partial charge in [-0.3, -0.25) is 0 Å². The molecule has 1 aromatic carbocycles. The highest BCUT2D eigenvalue weighted by Gasteiger charge is 2.25. The van der Waals surface area contributed by atoms with E-state index in [9.17, 15) is 9.50 Å². The second-order valence-electron chi connectivity index (χ2n) is 5.56. The molecule has 1 fully saturated rings. The summed E-state index contributed by atoms with van der Waals surface area (Å²) in [7, 11) is 0. The highest BCUT2D eigenvalue weighted by atomic mass is 19.1. The Hall–Kier alpha value is -2.01. The van der Waals surface area contributed by atoms with Gasteiger partial charge in [-0.05, 0) is 48.7 Å². The minimum atomic E-state index is -0.322. The molecule has 2 aromatic rings. The summed E-state index contributed by atoms with van der Waals surface area (Å²) >= 11 is 0. The molecule has 0 spiro atoms. The van der Waals surface area contributed by atoms with Gasteiger partial charge >= 0.3 is 0 Å². The zero-order valence-electron chi connectivity index (χ0n) is 11.9. The number of halogens is 1. The molecule has 1 aliphatic heterocycles. The van der Waals surface area contributed by atoms with Crippen LogP contribution in [0.5, 0.6) is 0 Å². The van der Waals surface area contributed by atoms with Gasteiger partial charge in [0.25, 0.3) is 0 Å². The highest BCUT2D eigenvalue weighted by molar-refractivity contribution is 5.59. The van der Waals surface area contributed by atoms with Gasteiger partial charge in [0.05, 0.1) is 11.8 Å². The van der Waals surface area contributed by atoms with E-state index in [1.807, 2.05) is 17.0 Å². The zero-order valence-corrected chi connectivity index (χ0v) is 11.9. The molecule has 5 heteroatoms. The first-order valence-corrected chi connectivity index (χ1v) is 7.16. The number of anilines is 1. The smallest absolute Gasteiger partial charge is 0.151 e. The van der Waals surface area contributed by atoms with E-state index in [-0.39, 0.29) is 11.9 Å². The summed E-state index contributed by atoms with van der Waals surface area (Å²) < 4.78 is 12.9. The molecular weight excluding hydrogens is 269 g/mol. The van der Waals surface area contributed by atoms with Crippen LogP contribution in [0.3, 0.4) is 0 Å². The zero-order chi connectivity index (χ0) is 14.8. The quantitative estimate of drug-likeness (QED) is 0.922. The Morgan fingerprint density at radius 2 is 1.90 bits per heavy atom. The lowest BCUT2D eigenvalue weighted by Crippen LogP contribution is -2.43. The average Bonchev–Trinajstić information content (AvgIpc) is 2.51. The van der Waals surface area contributed by atoms with E-state index in [1.54, 1.807) is 12.1 Å². The van der Waals surface area contributed by atoms with Crippen LogP contribution in [0.4, 0.5) is 10.2 Å². The van der Waals surface area contributed by atoms with E-state index in [0.29, 0.717) is 18.2 Å². The van der Waals surface area contributed by atoms with Crippen molar-refractivity contribution in [3.8, 4) is 11.3 Å². The van der Waals surface area contributed by atoms with Gasteiger partial charge in [0.15, 0.2) is 5.82 Å². The van der Waals surface area contributed by atoms with Crippen molar-refractivity contribution in [2.45, 2.75) is 19.4 Å². The number of hydrogen-bond acceptors (Lipinski definition) is 4. The Balaban J connectivity index is 1.76. The fraction of sp³-hybridized carbons (Fsp3) is 0.375. The summed E-state index contributed by atoms with van der Waals surface area (Å²) in [4.78, 5) is 2.05. The topological polar surface area (TPSA) is 49.2 Å². The van der Waals surface area contributed by atoms with Gasteiger partial charge in [-0.25, -0.2) is 4.39 Å². The van der Waals surface area contributed by atoms with Gasteiger partial charge in [-0.2, -0.15) is 0 Å². The number of rotatable bonds is 2. The Kier molecular flexibility index (Phi) is 3.84. The molecule has 0 amide bonds. The van der Waals surface area contributed by atoms with Crippen LogP contribution >= 0.6 is 0 Å². The Morgan fingerprint density at radius 3 is 2.52 bits per heavy atom. The lowest BCUT2D eigenvalue weighted by Gasteiger charge is -2.34. The molecule has 0 saturated carbocycles. The molecule has 2 heterocycles. The standard InChI is InChI=1S/C16H18FN3O/c1-11-8-9-20(10-15(11)21)16-7-6-14(18-19-16)12-2-4-13(17)5-3-12/h2-7,11,15,21H,8-10H2,1H3. The SMILES string of the molecule is CC1CCN(c2ccc(-c3ccc(F)cc3)nn2)CC1O. The molecule has 3 rings (SSSR count). The van der Waals surface area contributed by atoms with E-state index in [0.717, 1.165) is 24.3 Å². The van der Waals surface area contributed by atoms with E-state index in [4.69, 9.17) is 0 Å². The molecule has 0 radical (unpaired) electrons. The first-order chi connectivity index (χ1) is 10.1. The van der Waals surface area contributed by atoms with Crippen molar-refractivity contribution in [2.24, 2.45) is 5.92 Å². The minimum Gasteiger partial charge on any atom is -0.391 e. The third-order valence-corrected chi connectivity index (χ3v) is 4.03. The van der Waals surface area contributed by atoms with Crippen LogP contribution in [0.1, 0.15) is 13.3 Å². The molecule has 4 nitrogen and oxygen atoms in total. The van der Waals surface area contributed by atoms with E-state index >= 15 is 0 Å². The number of β-amino-alcohol motifs (C(OH)–C–C–N with tert-alkyl or cyclic N) is 1. The van der Waals surface area contributed by atoms with Gasteiger partial charge < -0.3 is 10.0 Å². The Morgan fingerprint density at radius 1 is 1.14 bits per heavy atom. The maximum absolute atomic E-state index is 12.9. The van der Waals surface area contributed by atoms with Gasteiger partial charge in [-0.15, -0.1) is 10.2 Å². The molecule has 1 aromatic heterocycles. The molecule has 1 N–H and O–H groups in total. The van der Waals surface area contributed by atoms with Crippen molar-refractivity contribution in [3.63, 3.8) is 0 Å². The predicted octanol–water partition coefficient (Wildman–Crippen LogP) is 2.49. The van der Waals surface area contributed by atoms with Crippen LogP contribution in [0.15, 0.2) is 36.4 Å². The van der Waals surface area contributed by atoms with Crippen LogP contribution in [0.25, 0.3) is 11.3 Å². The second-order valence-corrected chi connectivity index (χ2v) is 5.56. The fourth-order valence-corrected chi connectivity index (χ4v) is 2.53. The number of benzene rings is 1. The lowest BCUT2D eigenvalue weighted by molar-refractivity contribution is 0.102. The van der Waals surface area contributed by atoms with Crippen LogP contribution < -0.4 is 4.90 Å².